The summed E-state index contributed by atoms with van der Waals surface area (Å²) >= 11 is 0. The number of imidazole rings is 1. The second-order valence-corrected chi connectivity index (χ2v) is 5.80. The SMILES string of the molecule is C=Cc1ccc2c(ccc3[nH]c(-c4ccc(OC(F)(F)F)cc4)nc32)c1. The van der Waals surface area contributed by atoms with Gasteiger partial charge in [-0.25, -0.2) is 4.98 Å². The minimum atomic E-state index is -4.70. The van der Waals surface area contributed by atoms with E-state index in [2.05, 4.69) is 21.3 Å². The van der Waals surface area contributed by atoms with Crippen LogP contribution in [0.2, 0.25) is 0 Å². The maximum atomic E-state index is 12.3. The number of nitrogens with zero attached hydrogens (tertiary/aromatic N) is 1. The molecule has 4 aromatic rings. The van der Waals surface area contributed by atoms with E-state index < -0.39 is 6.36 Å². The lowest BCUT2D eigenvalue weighted by molar-refractivity contribution is -0.274. The van der Waals surface area contributed by atoms with Crippen LogP contribution in [0.15, 0.2) is 61.2 Å². The molecule has 0 aliphatic carbocycles. The molecule has 0 unspecified atom stereocenters. The summed E-state index contributed by atoms with van der Waals surface area (Å²) in [5.74, 6) is 0.318. The maximum Gasteiger partial charge on any atom is 0.573 e. The molecule has 0 aliphatic rings. The molecular weight excluding hydrogens is 341 g/mol. The molecule has 1 aromatic heterocycles. The van der Waals surface area contributed by atoms with Crippen molar-refractivity contribution in [1.82, 2.24) is 9.97 Å². The highest BCUT2D eigenvalue weighted by atomic mass is 19.4. The molecule has 0 saturated carbocycles. The highest BCUT2D eigenvalue weighted by Gasteiger charge is 2.31. The summed E-state index contributed by atoms with van der Waals surface area (Å²) in [4.78, 5) is 7.83. The number of benzene rings is 3. The van der Waals surface area contributed by atoms with Crippen molar-refractivity contribution in [2.24, 2.45) is 0 Å². The van der Waals surface area contributed by atoms with Gasteiger partial charge in [-0.05, 0) is 47.3 Å². The lowest BCUT2D eigenvalue weighted by Gasteiger charge is -2.08. The van der Waals surface area contributed by atoms with Gasteiger partial charge < -0.3 is 9.72 Å². The highest BCUT2D eigenvalue weighted by molar-refractivity contribution is 6.05. The number of alkyl halides is 3. The van der Waals surface area contributed by atoms with E-state index in [-0.39, 0.29) is 5.75 Å². The van der Waals surface area contributed by atoms with Gasteiger partial charge in [0, 0.05) is 10.9 Å². The summed E-state index contributed by atoms with van der Waals surface area (Å²) in [6, 6.07) is 15.5. The number of aromatic amines is 1. The molecule has 0 saturated heterocycles. The fourth-order valence-electron chi connectivity index (χ4n) is 2.90. The number of hydrogen-bond acceptors (Lipinski definition) is 2. The van der Waals surface area contributed by atoms with Crippen LogP contribution in [-0.2, 0) is 0 Å². The number of halogens is 3. The van der Waals surface area contributed by atoms with Crippen LogP contribution in [0.3, 0.4) is 0 Å². The zero-order valence-corrected chi connectivity index (χ0v) is 13.5. The van der Waals surface area contributed by atoms with E-state index in [0.717, 1.165) is 27.4 Å². The van der Waals surface area contributed by atoms with Gasteiger partial charge in [-0.1, -0.05) is 30.9 Å². The van der Waals surface area contributed by atoms with Gasteiger partial charge >= 0.3 is 6.36 Å². The van der Waals surface area contributed by atoms with Crippen LogP contribution in [0.5, 0.6) is 5.75 Å². The van der Waals surface area contributed by atoms with Crippen molar-refractivity contribution in [2.45, 2.75) is 6.36 Å². The van der Waals surface area contributed by atoms with Crippen LogP contribution < -0.4 is 4.74 Å². The summed E-state index contributed by atoms with van der Waals surface area (Å²) in [6.45, 7) is 3.77. The average Bonchev–Trinajstić information content (AvgIpc) is 3.05. The third kappa shape index (κ3) is 3.01. The molecule has 1 N–H and O–H groups in total. The summed E-state index contributed by atoms with van der Waals surface area (Å²) < 4.78 is 40.7. The molecule has 0 bridgehead atoms. The molecule has 1 heterocycles. The van der Waals surface area contributed by atoms with Crippen molar-refractivity contribution in [2.75, 3.05) is 0 Å². The Kier molecular flexibility index (Phi) is 3.68. The minimum Gasteiger partial charge on any atom is -0.406 e. The Morgan fingerprint density at radius 1 is 1.00 bits per heavy atom. The van der Waals surface area contributed by atoms with Crippen molar-refractivity contribution in [1.29, 1.82) is 0 Å². The van der Waals surface area contributed by atoms with Crippen LogP contribution >= 0.6 is 0 Å². The first-order valence-corrected chi connectivity index (χ1v) is 7.84. The second-order valence-electron chi connectivity index (χ2n) is 5.80. The molecule has 3 nitrogen and oxygen atoms in total. The van der Waals surface area contributed by atoms with E-state index in [1.165, 1.54) is 24.3 Å². The van der Waals surface area contributed by atoms with E-state index in [9.17, 15) is 13.2 Å². The van der Waals surface area contributed by atoms with Crippen molar-refractivity contribution in [3.63, 3.8) is 0 Å². The molecule has 26 heavy (non-hydrogen) atoms. The fourth-order valence-corrected chi connectivity index (χ4v) is 2.90. The number of fused-ring (bicyclic) bond motifs is 3. The minimum absolute atomic E-state index is 0.264. The Morgan fingerprint density at radius 3 is 2.46 bits per heavy atom. The second kappa shape index (κ2) is 5.91. The Labute approximate surface area is 146 Å². The Morgan fingerprint density at radius 2 is 1.77 bits per heavy atom. The molecule has 0 amide bonds. The summed E-state index contributed by atoms with van der Waals surface area (Å²) in [7, 11) is 0. The molecule has 3 aromatic carbocycles. The van der Waals surface area contributed by atoms with E-state index in [1.807, 2.05) is 30.3 Å². The molecule has 130 valence electrons. The maximum absolute atomic E-state index is 12.3. The summed E-state index contributed by atoms with van der Waals surface area (Å²) in [5, 5.41) is 2.04. The number of rotatable bonds is 3. The number of H-pyrrole nitrogens is 1. The zero-order valence-electron chi connectivity index (χ0n) is 13.5. The fraction of sp³-hybridized carbons (Fsp3) is 0.0500. The third-order valence-corrected chi connectivity index (χ3v) is 4.09. The van der Waals surface area contributed by atoms with Crippen molar-refractivity contribution in [3.8, 4) is 17.1 Å². The topological polar surface area (TPSA) is 37.9 Å². The van der Waals surface area contributed by atoms with Gasteiger partial charge in [0.05, 0.1) is 11.0 Å². The van der Waals surface area contributed by atoms with Gasteiger partial charge in [-0.15, -0.1) is 13.2 Å². The first-order valence-electron chi connectivity index (χ1n) is 7.84. The first kappa shape index (κ1) is 16.2. The smallest absolute Gasteiger partial charge is 0.406 e. The predicted molar refractivity (Wildman–Crippen MR) is 95.8 cm³/mol. The molecule has 0 aliphatic heterocycles. The largest absolute Gasteiger partial charge is 0.573 e. The Hall–Kier alpha value is -3.28. The van der Waals surface area contributed by atoms with Gasteiger partial charge in [0.2, 0.25) is 0 Å². The average molecular weight is 354 g/mol. The number of ether oxygens (including phenoxy) is 1. The van der Waals surface area contributed by atoms with E-state index >= 15 is 0 Å². The quantitative estimate of drug-likeness (QED) is 0.495. The van der Waals surface area contributed by atoms with Crippen LogP contribution in [0, 0.1) is 0 Å². The normalized spacial score (nSPS) is 11.8. The molecule has 6 heteroatoms. The molecule has 0 atom stereocenters. The zero-order chi connectivity index (χ0) is 18.3. The Bertz CT molecular complexity index is 1110. The van der Waals surface area contributed by atoms with Crippen molar-refractivity contribution >= 4 is 27.9 Å². The van der Waals surface area contributed by atoms with E-state index in [1.54, 1.807) is 6.08 Å². The van der Waals surface area contributed by atoms with E-state index in [4.69, 9.17) is 0 Å². The number of hydrogen-bond donors (Lipinski definition) is 1. The summed E-state index contributed by atoms with van der Waals surface area (Å²) in [5.41, 5.74) is 3.36. The molecule has 0 spiro atoms. The molecule has 0 radical (unpaired) electrons. The van der Waals surface area contributed by atoms with E-state index in [0.29, 0.717) is 11.4 Å². The predicted octanol–water partition coefficient (Wildman–Crippen LogP) is 5.92. The molecule has 0 fully saturated rings. The standard InChI is InChI=1S/C20H13F3N2O/c1-2-12-3-9-16-14(11-12)6-10-17-18(16)25-19(24-17)13-4-7-15(8-5-13)26-20(21,22)23/h2-11H,1H2,(H,24,25). The monoisotopic (exact) mass is 354 g/mol. The van der Waals surface area contributed by atoms with Crippen LogP contribution in [-0.4, -0.2) is 16.3 Å². The van der Waals surface area contributed by atoms with Gasteiger partial charge in [0.15, 0.2) is 0 Å². The highest BCUT2D eigenvalue weighted by Crippen LogP contribution is 2.29. The van der Waals surface area contributed by atoms with Gasteiger partial charge in [0.1, 0.15) is 11.6 Å². The third-order valence-electron chi connectivity index (χ3n) is 4.09. The van der Waals surface area contributed by atoms with Crippen molar-refractivity contribution in [3.05, 3.63) is 66.7 Å². The van der Waals surface area contributed by atoms with Gasteiger partial charge in [-0.2, -0.15) is 0 Å². The van der Waals surface area contributed by atoms with Gasteiger partial charge in [0.25, 0.3) is 0 Å². The lowest BCUT2D eigenvalue weighted by Crippen LogP contribution is -2.16. The molecular formula is C20H13F3N2O. The summed E-state index contributed by atoms with van der Waals surface area (Å²) in [6.07, 6.45) is -2.92. The van der Waals surface area contributed by atoms with Gasteiger partial charge in [-0.3, -0.25) is 0 Å². The van der Waals surface area contributed by atoms with Crippen LogP contribution in [0.1, 0.15) is 5.56 Å². The van der Waals surface area contributed by atoms with Crippen LogP contribution in [0.4, 0.5) is 13.2 Å². The lowest BCUT2D eigenvalue weighted by atomic mass is 10.1. The number of nitrogens with one attached hydrogen (secondary N) is 1. The first-order chi connectivity index (χ1) is 12.4. The van der Waals surface area contributed by atoms with Crippen molar-refractivity contribution < 1.29 is 17.9 Å². The Balaban J connectivity index is 1.75. The number of aromatic nitrogens is 2. The van der Waals surface area contributed by atoms with Crippen LogP contribution in [0.25, 0.3) is 39.3 Å². The molecule has 4 rings (SSSR count).